The van der Waals surface area contributed by atoms with Crippen molar-refractivity contribution in [3.05, 3.63) is 29.8 Å². The summed E-state index contributed by atoms with van der Waals surface area (Å²) in [4.78, 5) is 26.5. The molecule has 2 aliphatic carbocycles. The van der Waals surface area contributed by atoms with Crippen LogP contribution in [0, 0.1) is 11.8 Å². The molecule has 1 aromatic rings. The summed E-state index contributed by atoms with van der Waals surface area (Å²) < 4.78 is 0. The number of hydrogen-bond donors (Lipinski definition) is 2. The molecule has 0 aromatic heterocycles. The first-order valence-corrected chi connectivity index (χ1v) is 9.95. The molecule has 0 saturated heterocycles. The van der Waals surface area contributed by atoms with Gasteiger partial charge in [-0.25, -0.2) is 4.79 Å². The Morgan fingerprint density at radius 3 is 2.58 bits per heavy atom. The third-order valence-corrected chi connectivity index (χ3v) is 5.85. The highest BCUT2D eigenvalue weighted by Crippen LogP contribution is 2.34. The van der Waals surface area contributed by atoms with E-state index in [-0.39, 0.29) is 23.9 Å². The zero-order chi connectivity index (χ0) is 18.5. The Kier molecular flexibility index (Phi) is 6.17. The third-order valence-electron chi connectivity index (χ3n) is 5.85. The number of amides is 3. The van der Waals surface area contributed by atoms with Gasteiger partial charge < -0.3 is 15.5 Å². The van der Waals surface area contributed by atoms with Crippen molar-refractivity contribution in [1.82, 2.24) is 10.2 Å². The highest BCUT2D eigenvalue weighted by Gasteiger charge is 2.32. The topological polar surface area (TPSA) is 61.4 Å². The first kappa shape index (κ1) is 18.7. The van der Waals surface area contributed by atoms with E-state index in [2.05, 4.69) is 17.6 Å². The van der Waals surface area contributed by atoms with E-state index in [4.69, 9.17) is 0 Å². The number of rotatable bonds is 6. The highest BCUT2D eigenvalue weighted by molar-refractivity contribution is 5.92. The van der Waals surface area contributed by atoms with Crippen LogP contribution in [0.5, 0.6) is 0 Å². The van der Waals surface area contributed by atoms with Gasteiger partial charge in [0.25, 0.3) is 0 Å². The minimum atomic E-state index is -0.0407. The fourth-order valence-corrected chi connectivity index (χ4v) is 3.75. The summed E-state index contributed by atoms with van der Waals surface area (Å²) in [5, 5.41) is 6.02. The first-order valence-electron chi connectivity index (χ1n) is 9.95. The highest BCUT2D eigenvalue weighted by atomic mass is 16.2. The summed E-state index contributed by atoms with van der Waals surface area (Å²) >= 11 is 0. The van der Waals surface area contributed by atoms with Crippen LogP contribution in [0.3, 0.4) is 0 Å². The molecular formula is C21H31N3O2. The SMILES string of the molecule is CC(C1CC1)N(C)C(=O)NCc1cccc(NC(=O)C2CCCCC2)c1. The molecule has 26 heavy (non-hydrogen) atoms. The number of anilines is 1. The molecular weight excluding hydrogens is 326 g/mol. The molecule has 3 rings (SSSR count). The second-order valence-corrected chi connectivity index (χ2v) is 7.87. The monoisotopic (exact) mass is 357 g/mol. The lowest BCUT2D eigenvalue weighted by atomic mass is 9.88. The molecule has 2 N–H and O–H groups in total. The zero-order valence-corrected chi connectivity index (χ0v) is 16.0. The molecule has 3 amide bonds. The van der Waals surface area contributed by atoms with Gasteiger partial charge in [0.15, 0.2) is 0 Å². The Labute approximate surface area is 156 Å². The second kappa shape index (κ2) is 8.56. The van der Waals surface area contributed by atoms with Crippen LogP contribution in [0.2, 0.25) is 0 Å². The average molecular weight is 357 g/mol. The summed E-state index contributed by atoms with van der Waals surface area (Å²) in [5.74, 6) is 0.928. The van der Waals surface area contributed by atoms with Crippen LogP contribution in [0.25, 0.3) is 0 Å². The van der Waals surface area contributed by atoms with Crippen LogP contribution in [-0.2, 0) is 11.3 Å². The molecule has 0 heterocycles. The van der Waals surface area contributed by atoms with E-state index in [0.717, 1.165) is 36.9 Å². The number of urea groups is 1. The molecule has 2 saturated carbocycles. The fourth-order valence-electron chi connectivity index (χ4n) is 3.75. The molecule has 0 spiro atoms. The molecule has 0 radical (unpaired) electrons. The van der Waals surface area contributed by atoms with Crippen LogP contribution < -0.4 is 10.6 Å². The van der Waals surface area contributed by atoms with Gasteiger partial charge >= 0.3 is 6.03 Å². The summed E-state index contributed by atoms with van der Waals surface area (Å²) in [7, 11) is 1.86. The minimum Gasteiger partial charge on any atom is -0.334 e. The van der Waals surface area contributed by atoms with E-state index < -0.39 is 0 Å². The number of benzene rings is 1. The smallest absolute Gasteiger partial charge is 0.317 e. The fraction of sp³-hybridized carbons (Fsp3) is 0.619. The first-order chi connectivity index (χ1) is 12.5. The van der Waals surface area contributed by atoms with Gasteiger partial charge in [-0.15, -0.1) is 0 Å². The van der Waals surface area contributed by atoms with Gasteiger partial charge in [0, 0.05) is 31.2 Å². The van der Waals surface area contributed by atoms with Gasteiger partial charge in [0.05, 0.1) is 0 Å². The largest absolute Gasteiger partial charge is 0.334 e. The van der Waals surface area contributed by atoms with Gasteiger partial charge in [-0.05, 0) is 56.2 Å². The van der Waals surface area contributed by atoms with E-state index in [1.165, 1.54) is 19.3 Å². The predicted octanol–water partition coefficient (Wildman–Crippen LogP) is 4.15. The Bertz CT molecular complexity index is 636. The molecule has 2 aliphatic rings. The molecule has 2 fully saturated rings. The Morgan fingerprint density at radius 1 is 1.15 bits per heavy atom. The van der Waals surface area contributed by atoms with Crippen LogP contribution in [-0.4, -0.2) is 29.9 Å². The standard InChI is InChI=1S/C21H31N3O2/c1-15(17-11-12-17)24(2)21(26)22-14-16-7-6-10-19(13-16)23-20(25)18-8-4-3-5-9-18/h6-7,10,13,15,17-18H,3-5,8-9,11-12,14H2,1-2H3,(H,22,26)(H,23,25). The van der Waals surface area contributed by atoms with Crippen molar-refractivity contribution in [3.63, 3.8) is 0 Å². The van der Waals surface area contributed by atoms with Crippen molar-refractivity contribution >= 4 is 17.6 Å². The summed E-state index contributed by atoms with van der Waals surface area (Å²) in [5.41, 5.74) is 1.80. The number of nitrogens with zero attached hydrogens (tertiary/aromatic N) is 1. The average Bonchev–Trinajstić information content (AvgIpc) is 3.51. The van der Waals surface area contributed by atoms with E-state index >= 15 is 0 Å². The molecule has 0 bridgehead atoms. The lowest BCUT2D eigenvalue weighted by Gasteiger charge is -2.25. The number of nitrogens with one attached hydrogen (secondary N) is 2. The van der Waals surface area contributed by atoms with Gasteiger partial charge in [-0.2, -0.15) is 0 Å². The normalized spacial score (nSPS) is 18.8. The Morgan fingerprint density at radius 2 is 1.88 bits per heavy atom. The van der Waals surface area contributed by atoms with Crippen molar-refractivity contribution in [1.29, 1.82) is 0 Å². The van der Waals surface area contributed by atoms with E-state index in [0.29, 0.717) is 12.5 Å². The molecule has 5 heteroatoms. The van der Waals surface area contributed by atoms with E-state index in [1.807, 2.05) is 31.3 Å². The lowest BCUT2D eigenvalue weighted by molar-refractivity contribution is -0.120. The zero-order valence-electron chi connectivity index (χ0n) is 16.0. The number of carbonyl (C=O) groups is 2. The van der Waals surface area contributed by atoms with Crippen molar-refractivity contribution in [2.75, 3.05) is 12.4 Å². The van der Waals surface area contributed by atoms with Gasteiger partial charge in [-0.3, -0.25) is 4.79 Å². The van der Waals surface area contributed by atoms with Crippen LogP contribution in [0.1, 0.15) is 57.4 Å². The summed E-state index contributed by atoms with van der Waals surface area (Å²) in [6, 6.07) is 8.01. The third kappa shape index (κ3) is 4.99. The maximum atomic E-state index is 12.4. The molecule has 1 atom stereocenters. The lowest BCUT2D eigenvalue weighted by Crippen LogP contribution is -2.43. The Hall–Kier alpha value is -2.04. The Balaban J connectivity index is 1.50. The van der Waals surface area contributed by atoms with Crippen LogP contribution >= 0.6 is 0 Å². The predicted molar refractivity (Wildman–Crippen MR) is 104 cm³/mol. The number of carbonyl (C=O) groups excluding carboxylic acids is 2. The molecule has 1 unspecified atom stereocenters. The number of hydrogen-bond acceptors (Lipinski definition) is 2. The molecule has 142 valence electrons. The van der Waals surface area contributed by atoms with Crippen LogP contribution in [0.15, 0.2) is 24.3 Å². The minimum absolute atomic E-state index is 0.0407. The van der Waals surface area contributed by atoms with Crippen molar-refractivity contribution in [2.24, 2.45) is 11.8 Å². The van der Waals surface area contributed by atoms with Crippen LogP contribution in [0.4, 0.5) is 10.5 Å². The maximum Gasteiger partial charge on any atom is 0.317 e. The van der Waals surface area contributed by atoms with Gasteiger partial charge in [0.1, 0.15) is 0 Å². The van der Waals surface area contributed by atoms with E-state index in [1.54, 1.807) is 4.90 Å². The van der Waals surface area contributed by atoms with E-state index in [9.17, 15) is 9.59 Å². The van der Waals surface area contributed by atoms with Crippen molar-refractivity contribution < 1.29 is 9.59 Å². The molecule has 0 aliphatic heterocycles. The molecule has 5 nitrogen and oxygen atoms in total. The quantitative estimate of drug-likeness (QED) is 0.803. The maximum absolute atomic E-state index is 12.4. The van der Waals surface area contributed by atoms with Gasteiger partial charge in [0.2, 0.25) is 5.91 Å². The van der Waals surface area contributed by atoms with Crippen molar-refractivity contribution in [2.45, 2.75) is 64.5 Å². The second-order valence-electron chi connectivity index (χ2n) is 7.87. The summed E-state index contributed by atoms with van der Waals surface area (Å²) in [6.45, 7) is 2.58. The molecule has 1 aromatic carbocycles. The van der Waals surface area contributed by atoms with Gasteiger partial charge in [-0.1, -0.05) is 31.4 Å². The van der Waals surface area contributed by atoms with Crippen molar-refractivity contribution in [3.8, 4) is 0 Å². The summed E-state index contributed by atoms with van der Waals surface area (Å²) in [6.07, 6.45) is 7.98.